The topological polar surface area (TPSA) is 50.3 Å². The van der Waals surface area contributed by atoms with Gasteiger partial charge in [-0.05, 0) is 13.5 Å². The molecule has 1 aromatic heterocycles. The molecule has 0 bridgehead atoms. The third-order valence-corrected chi connectivity index (χ3v) is 3.50. The first kappa shape index (κ1) is 15.2. The molecule has 0 aromatic carbocycles. The Bertz CT molecular complexity index is 436. The van der Waals surface area contributed by atoms with E-state index >= 15 is 0 Å². The number of hydrogen-bond acceptors (Lipinski definition) is 5. The van der Waals surface area contributed by atoms with Crippen molar-refractivity contribution in [3.05, 3.63) is 17.7 Å². The van der Waals surface area contributed by atoms with Gasteiger partial charge in [-0.15, -0.1) is 0 Å². The van der Waals surface area contributed by atoms with Crippen molar-refractivity contribution in [3.8, 4) is 0 Å². The Morgan fingerprint density at radius 1 is 1.50 bits per heavy atom. The van der Waals surface area contributed by atoms with Crippen LogP contribution in [0.1, 0.15) is 45.1 Å². The SMILES string of the molecule is CCNCc1nc(C(C)C)ncc1N1CCOC(C)C1. The monoisotopic (exact) mass is 278 g/mol. The van der Waals surface area contributed by atoms with Gasteiger partial charge in [-0.25, -0.2) is 9.97 Å². The van der Waals surface area contributed by atoms with Gasteiger partial charge in [-0.3, -0.25) is 0 Å². The highest BCUT2D eigenvalue weighted by molar-refractivity contribution is 5.49. The lowest BCUT2D eigenvalue weighted by Gasteiger charge is -2.33. The molecule has 112 valence electrons. The Morgan fingerprint density at radius 2 is 2.30 bits per heavy atom. The first-order chi connectivity index (χ1) is 9.61. The van der Waals surface area contributed by atoms with Crippen LogP contribution in [0, 0.1) is 0 Å². The van der Waals surface area contributed by atoms with Crippen LogP contribution in [-0.2, 0) is 11.3 Å². The standard InChI is InChI=1S/C15H26N4O/c1-5-16-8-13-14(9-17-15(18-13)11(2)3)19-6-7-20-12(4)10-19/h9,11-12,16H,5-8,10H2,1-4H3. The van der Waals surface area contributed by atoms with E-state index in [1.807, 2.05) is 6.20 Å². The molecule has 1 saturated heterocycles. The van der Waals surface area contributed by atoms with Crippen LogP contribution in [0.4, 0.5) is 5.69 Å². The van der Waals surface area contributed by atoms with Gasteiger partial charge < -0.3 is 15.0 Å². The maximum absolute atomic E-state index is 5.61. The molecule has 5 heteroatoms. The number of nitrogens with one attached hydrogen (secondary N) is 1. The summed E-state index contributed by atoms with van der Waals surface area (Å²) in [6.45, 7) is 12.8. The highest BCUT2D eigenvalue weighted by Gasteiger charge is 2.21. The largest absolute Gasteiger partial charge is 0.375 e. The maximum atomic E-state index is 5.61. The smallest absolute Gasteiger partial charge is 0.131 e. The molecular formula is C15H26N4O. The predicted octanol–water partition coefficient (Wildman–Crippen LogP) is 1.93. The summed E-state index contributed by atoms with van der Waals surface area (Å²) in [5.74, 6) is 1.27. The summed E-state index contributed by atoms with van der Waals surface area (Å²) in [4.78, 5) is 11.6. The minimum atomic E-state index is 0.264. The summed E-state index contributed by atoms with van der Waals surface area (Å²) in [6.07, 6.45) is 2.24. The van der Waals surface area contributed by atoms with Gasteiger partial charge in [-0.1, -0.05) is 20.8 Å². The minimum Gasteiger partial charge on any atom is -0.375 e. The third-order valence-electron chi connectivity index (χ3n) is 3.50. The lowest BCUT2D eigenvalue weighted by Crippen LogP contribution is -2.42. The average Bonchev–Trinajstić information content (AvgIpc) is 2.44. The zero-order valence-electron chi connectivity index (χ0n) is 13.0. The number of rotatable bonds is 5. The number of aromatic nitrogens is 2. The van der Waals surface area contributed by atoms with Crippen molar-refractivity contribution >= 4 is 5.69 Å². The fraction of sp³-hybridized carbons (Fsp3) is 0.733. The Hall–Kier alpha value is -1.20. The van der Waals surface area contributed by atoms with Crippen LogP contribution in [0.3, 0.4) is 0 Å². The molecule has 1 aromatic rings. The van der Waals surface area contributed by atoms with Gasteiger partial charge >= 0.3 is 0 Å². The molecule has 20 heavy (non-hydrogen) atoms. The summed E-state index contributed by atoms with van der Waals surface area (Å²) < 4.78 is 5.61. The number of morpholine rings is 1. The van der Waals surface area contributed by atoms with Gasteiger partial charge in [0.15, 0.2) is 0 Å². The van der Waals surface area contributed by atoms with Crippen molar-refractivity contribution in [2.75, 3.05) is 31.1 Å². The molecule has 1 unspecified atom stereocenters. The van der Waals surface area contributed by atoms with Crippen LogP contribution in [0.15, 0.2) is 6.20 Å². The highest BCUT2D eigenvalue weighted by Crippen LogP contribution is 2.22. The van der Waals surface area contributed by atoms with E-state index in [2.05, 4.69) is 42.9 Å². The van der Waals surface area contributed by atoms with E-state index in [1.54, 1.807) is 0 Å². The summed E-state index contributed by atoms with van der Waals surface area (Å²) in [5.41, 5.74) is 2.24. The molecule has 0 saturated carbocycles. The van der Waals surface area contributed by atoms with E-state index in [-0.39, 0.29) is 6.10 Å². The van der Waals surface area contributed by atoms with Crippen molar-refractivity contribution < 1.29 is 4.74 Å². The number of hydrogen-bond donors (Lipinski definition) is 1. The fourth-order valence-corrected chi connectivity index (χ4v) is 2.38. The van der Waals surface area contributed by atoms with Crippen molar-refractivity contribution in [2.45, 2.75) is 46.3 Å². The van der Waals surface area contributed by atoms with Crippen molar-refractivity contribution in [3.63, 3.8) is 0 Å². The lowest BCUT2D eigenvalue weighted by molar-refractivity contribution is 0.0531. The molecule has 0 radical (unpaired) electrons. The normalized spacial score (nSPS) is 19.6. The third kappa shape index (κ3) is 3.67. The Labute approximate surface area is 121 Å². The second kappa shape index (κ2) is 6.99. The summed E-state index contributed by atoms with van der Waals surface area (Å²) in [5, 5.41) is 3.37. The molecule has 0 spiro atoms. The number of anilines is 1. The number of nitrogens with zero attached hydrogens (tertiary/aromatic N) is 3. The van der Waals surface area contributed by atoms with Crippen LogP contribution in [-0.4, -0.2) is 42.3 Å². The second-order valence-corrected chi connectivity index (χ2v) is 5.62. The molecule has 1 N–H and O–H groups in total. The molecule has 2 rings (SSSR count). The van der Waals surface area contributed by atoms with Gasteiger partial charge in [0.2, 0.25) is 0 Å². The molecule has 0 aliphatic carbocycles. The van der Waals surface area contributed by atoms with Gasteiger partial charge in [0.05, 0.1) is 30.3 Å². The quantitative estimate of drug-likeness (QED) is 0.892. The van der Waals surface area contributed by atoms with Gasteiger partial charge in [-0.2, -0.15) is 0 Å². The van der Waals surface area contributed by atoms with E-state index in [4.69, 9.17) is 9.72 Å². The Balaban J connectivity index is 2.25. The first-order valence-corrected chi connectivity index (χ1v) is 7.54. The predicted molar refractivity (Wildman–Crippen MR) is 81.1 cm³/mol. The van der Waals surface area contributed by atoms with Crippen molar-refractivity contribution in [1.29, 1.82) is 0 Å². The zero-order valence-corrected chi connectivity index (χ0v) is 13.0. The molecule has 1 atom stereocenters. The molecule has 0 amide bonds. The molecular weight excluding hydrogens is 252 g/mol. The molecule has 5 nitrogen and oxygen atoms in total. The molecule has 1 aliphatic heterocycles. The van der Waals surface area contributed by atoms with Gasteiger partial charge in [0, 0.05) is 25.6 Å². The minimum absolute atomic E-state index is 0.264. The summed E-state index contributed by atoms with van der Waals surface area (Å²) in [6, 6.07) is 0. The van der Waals surface area contributed by atoms with Gasteiger partial charge in [0.25, 0.3) is 0 Å². The molecule has 1 fully saturated rings. The summed E-state index contributed by atoms with van der Waals surface area (Å²) in [7, 11) is 0. The van der Waals surface area contributed by atoms with Crippen LogP contribution < -0.4 is 10.2 Å². The first-order valence-electron chi connectivity index (χ1n) is 7.54. The Kier molecular flexibility index (Phi) is 5.31. The van der Waals surface area contributed by atoms with Crippen LogP contribution in [0.5, 0.6) is 0 Å². The Morgan fingerprint density at radius 3 is 2.95 bits per heavy atom. The zero-order chi connectivity index (χ0) is 14.5. The lowest BCUT2D eigenvalue weighted by atomic mass is 10.2. The average molecular weight is 278 g/mol. The fourth-order valence-electron chi connectivity index (χ4n) is 2.38. The van der Waals surface area contributed by atoms with Crippen molar-refractivity contribution in [1.82, 2.24) is 15.3 Å². The van der Waals surface area contributed by atoms with E-state index in [0.717, 1.165) is 50.0 Å². The van der Waals surface area contributed by atoms with Crippen LogP contribution in [0.2, 0.25) is 0 Å². The van der Waals surface area contributed by atoms with Crippen LogP contribution in [0.25, 0.3) is 0 Å². The van der Waals surface area contributed by atoms with E-state index < -0.39 is 0 Å². The van der Waals surface area contributed by atoms with Crippen LogP contribution >= 0.6 is 0 Å². The highest BCUT2D eigenvalue weighted by atomic mass is 16.5. The number of ether oxygens (including phenoxy) is 1. The summed E-state index contributed by atoms with van der Waals surface area (Å²) >= 11 is 0. The maximum Gasteiger partial charge on any atom is 0.131 e. The molecule has 1 aliphatic rings. The van der Waals surface area contributed by atoms with E-state index in [1.165, 1.54) is 0 Å². The van der Waals surface area contributed by atoms with Crippen molar-refractivity contribution in [2.24, 2.45) is 0 Å². The second-order valence-electron chi connectivity index (χ2n) is 5.62. The van der Waals surface area contributed by atoms with E-state index in [0.29, 0.717) is 5.92 Å². The van der Waals surface area contributed by atoms with Gasteiger partial charge in [0.1, 0.15) is 5.82 Å². The molecule has 2 heterocycles. The van der Waals surface area contributed by atoms with E-state index in [9.17, 15) is 0 Å².